The zero-order valence-corrected chi connectivity index (χ0v) is 10.7. The van der Waals surface area contributed by atoms with E-state index in [2.05, 4.69) is 10.2 Å². The maximum Gasteiger partial charge on any atom is 0.260 e. The highest BCUT2D eigenvalue weighted by atomic mass is 32.2. The Bertz CT molecular complexity index is 478. The second-order valence-corrected chi connectivity index (χ2v) is 6.20. The van der Waals surface area contributed by atoms with E-state index in [0.717, 1.165) is 12.8 Å². The van der Waals surface area contributed by atoms with Gasteiger partial charge in [-0.1, -0.05) is 6.92 Å². The topological polar surface area (TPSA) is 92.1 Å². The van der Waals surface area contributed by atoms with E-state index in [0.29, 0.717) is 24.6 Å². The molecule has 0 unspecified atom stereocenters. The molecule has 0 bridgehead atoms. The van der Waals surface area contributed by atoms with Crippen molar-refractivity contribution < 1.29 is 8.42 Å². The Kier molecular flexibility index (Phi) is 3.50. The van der Waals surface area contributed by atoms with Gasteiger partial charge in [0.2, 0.25) is 0 Å². The van der Waals surface area contributed by atoms with Gasteiger partial charge in [-0.25, -0.2) is 8.42 Å². The predicted octanol–water partition coefficient (Wildman–Crippen LogP) is 0.289. The van der Waals surface area contributed by atoms with Gasteiger partial charge >= 0.3 is 0 Å². The molecule has 6 nitrogen and oxygen atoms in total. The number of aromatic nitrogens is 2. The summed E-state index contributed by atoms with van der Waals surface area (Å²) in [6.45, 7) is 3.09. The van der Waals surface area contributed by atoms with Gasteiger partial charge in [-0.05, 0) is 18.8 Å². The van der Waals surface area contributed by atoms with Crippen LogP contribution in [0.4, 0.5) is 0 Å². The van der Waals surface area contributed by atoms with E-state index in [1.165, 1.54) is 10.5 Å². The van der Waals surface area contributed by atoms with Gasteiger partial charge in [-0.15, -0.1) is 0 Å². The molecule has 1 fully saturated rings. The largest absolute Gasteiger partial charge is 0.326 e. The number of rotatable bonds is 6. The minimum Gasteiger partial charge on any atom is -0.326 e. The molecule has 3 N–H and O–H groups in total. The average Bonchev–Trinajstić information content (AvgIpc) is 2.99. The molecule has 1 aliphatic rings. The number of H-pyrrole nitrogens is 1. The van der Waals surface area contributed by atoms with Gasteiger partial charge in [-0.3, -0.25) is 5.10 Å². The van der Waals surface area contributed by atoms with Crippen molar-refractivity contribution in [2.75, 3.05) is 13.1 Å². The normalized spacial score (nSPS) is 16.6. The Labute approximate surface area is 101 Å². The number of nitrogens with two attached hydrogens (primary N) is 1. The van der Waals surface area contributed by atoms with Crippen LogP contribution >= 0.6 is 0 Å². The van der Waals surface area contributed by atoms with Crippen molar-refractivity contribution in [2.24, 2.45) is 11.7 Å². The number of hydrogen-bond acceptors (Lipinski definition) is 4. The van der Waals surface area contributed by atoms with Crippen molar-refractivity contribution in [2.45, 2.75) is 31.3 Å². The quantitative estimate of drug-likeness (QED) is 0.767. The van der Waals surface area contributed by atoms with Crippen LogP contribution in [0.1, 0.15) is 25.3 Å². The summed E-state index contributed by atoms with van der Waals surface area (Å²) in [6.07, 6.45) is 3.72. The van der Waals surface area contributed by atoms with Crippen LogP contribution in [0.5, 0.6) is 0 Å². The molecule has 1 aromatic heterocycles. The maximum atomic E-state index is 12.4. The van der Waals surface area contributed by atoms with Crippen LogP contribution in [0, 0.1) is 5.92 Å². The second kappa shape index (κ2) is 4.75. The molecule has 96 valence electrons. The summed E-state index contributed by atoms with van der Waals surface area (Å²) in [6, 6.07) is 0. The molecule has 1 saturated carbocycles. The number of nitrogens with one attached hydrogen (secondary N) is 1. The van der Waals surface area contributed by atoms with Gasteiger partial charge in [-0.2, -0.15) is 9.40 Å². The SMILES string of the molecule is CCN(CC1CC1)S(=O)(=O)c1[nH]ncc1CN. The van der Waals surface area contributed by atoms with E-state index in [9.17, 15) is 8.42 Å². The van der Waals surface area contributed by atoms with Crippen LogP contribution in [0.3, 0.4) is 0 Å². The standard InChI is InChI=1S/C10H18N4O2S/c1-2-14(7-8-3-4-8)17(15,16)10-9(5-11)6-12-13-10/h6,8H,2-5,7,11H2,1H3,(H,12,13). The summed E-state index contributed by atoms with van der Waals surface area (Å²) in [4.78, 5) is 0. The van der Waals surface area contributed by atoms with E-state index >= 15 is 0 Å². The fourth-order valence-electron chi connectivity index (χ4n) is 1.78. The van der Waals surface area contributed by atoms with Crippen molar-refractivity contribution in [1.82, 2.24) is 14.5 Å². The van der Waals surface area contributed by atoms with E-state index in [1.54, 1.807) is 0 Å². The Morgan fingerprint density at radius 3 is 2.82 bits per heavy atom. The Balaban J connectivity index is 2.26. The minimum absolute atomic E-state index is 0.141. The molecule has 1 heterocycles. The van der Waals surface area contributed by atoms with Crippen molar-refractivity contribution in [1.29, 1.82) is 0 Å². The first-order valence-corrected chi connectivity index (χ1v) is 7.26. The smallest absolute Gasteiger partial charge is 0.260 e. The third-order valence-electron chi connectivity index (χ3n) is 3.01. The molecule has 0 radical (unpaired) electrons. The lowest BCUT2D eigenvalue weighted by Gasteiger charge is -2.19. The van der Waals surface area contributed by atoms with Gasteiger partial charge < -0.3 is 5.73 Å². The first kappa shape index (κ1) is 12.5. The minimum atomic E-state index is -3.47. The van der Waals surface area contributed by atoms with Crippen LogP contribution in [0.25, 0.3) is 0 Å². The van der Waals surface area contributed by atoms with Crippen LogP contribution < -0.4 is 5.73 Å². The summed E-state index contributed by atoms with van der Waals surface area (Å²) in [5.41, 5.74) is 6.04. The fraction of sp³-hybridized carbons (Fsp3) is 0.700. The second-order valence-electron chi connectivity index (χ2n) is 4.33. The Morgan fingerprint density at radius 2 is 2.29 bits per heavy atom. The van der Waals surface area contributed by atoms with Gasteiger partial charge in [0.05, 0.1) is 6.20 Å². The lowest BCUT2D eigenvalue weighted by Crippen LogP contribution is -2.33. The molecule has 0 atom stereocenters. The van der Waals surface area contributed by atoms with E-state index in [1.807, 2.05) is 6.92 Å². The number of hydrogen-bond donors (Lipinski definition) is 2. The Hall–Kier alpha value is -0.920. The molecule has 17 heavy (non-hydrogen) atoms. The van der Waals surface area contributed by atoms with Crippen molar-refractivity contribution in [3.8, 4) is 0 Å². The molecule has 1 aromatic rings. The molecule has 0 aliphatic heterocycles. The molecular formula is C10H18N4O2S. The van der Waals surface area contributed by atoms with Crippen LogP contribution in [0.2, 0.25) is 0 Å². The highest BCUT2D eigenvalue weighted by molar-refractivity contribution is 7.89. The van der Waals surface area contributed by atoms with Gasteiger partial charge in [0.25, 0.3) is 10.0 Å². The molecule has 2 rings (SSSR count). The molecule has 0 aromatic carbocycles. The van der Waals surface area contributed by atoms with E-state index in [4.69, 9.17) is 5.73 Å². The zero-order valence-electron chi connectivity index (χ0n) is 9.89. The predicted molar refractivity (Wildman–Crippen MR) is 63.6 cm³/mol. The van der Waals surface area contributed by atoms with Crippen molar-refractivity contribution in [3.05, 3.63) is 11.8 Å². The maximum absolute atomic E-state index is 12.4. The number of sulfonamides is 1. The van der Waals surface area contributed by atoms with Gasteiger partial charge in [0, 0.05) is 25.2 Å². The molecule has 0 saturated heterocycles. The van der Waals surface area contributed by atoms with E-state index in [-0.39, 0.29) is 11.6 Å². The van der Waals surface area contributed by atoms with Gasteiger partial charge in [0.1, 0.15) is 0 Å². The van der Waals surface area contributed by atoms with E-state index < -0.39 is 10.0 Å². The van der Waals surface area contributed by atoms with Crippen LogP contribution in [0.15, 0.2) is 11.2 Å². The molecule has 0 spiro atoms. The summed E-state index contributed by atoms with van der Waals surface area (Å²) in [7, 11) is -3.47. The first-order chi connectivity index (χ1) is 8.09. The van der Waals surface area contributed by atoms with Crippen molar-refractivity contribution >= 4 is 10.0 Å². The highest BCUT2D eigenvalue weighted by Gasteiger charge is 2.32. The Morgan fingerprint density at radius 1 is 1.59 bits per heavy atom. The third-order valence-corrected chi connectivity index (χ3v) is 4.96. The summed E-state index contributed by atoms with van der Waals surface area (Å²) < 4.78 is 26.2. The summed E-state index contributed by atoms with van der Waals surface area (Å²) in [5.74, 6) is 0.522. The summed E-state index contributed by atoms with van der Waals surface area (Å²) >= 11 is 0. The van der Waals surface area contributed by atoms with Crippen molar-refractivity contribution in [3.63, 3.8) is 0 Å². The molecule has 7 heteroatoms. The monoisotopic (exact) mass is 258 g/mol. The molecule has 1 aliphatic carbocycles. The molecular weight excluding hydrogens is 240 g/mol. The molecule has 0 amide bonds. The highest BCUT2D eigenvalue weighted by Crippen LogP contribution is 2.31. The number of aromatic amines is 1. The number of nitrogens with zero attached hydrogens (tertiary/aromatic N) is 2. The lowest BCUT2D eigenvalue weighted by atomic mass is 10.4. The third kappa shape index (κ3) is 2.51. The van der Waals surface area contributed by atoms with Gasteiger partial charge in [0.15, 0.2) is 5.03 Å². The van der Waals surface area contributed by atoms with Crippen LogP contribution in [-0.4, -0.2) is 36.0 Å². The summed E-state index contributed by atoms with van der Waals surface area (Å²) in [5, 5.41) is 6.45. The zero-order chi connectivity index (χ0) is 12.5. The fourth-order valence-corrected chi connectivity index (χ4v) is 3.42. The average molecular weight is 258 g/mol. The lowest BCUT2D eigenvalue weighted by molar-refractivity contribution is 0.409. The first-order valence-electron chi connectivity index (χ1n) is 5.82. The van der Waals surface area contributed by atoms with Crippen LogP contribution in [-0.2, 0) is 16.6 Å².